The molecule has 1 aromatic rings. The number of carbonyl (C=O) groups is 2. The summed E-state index contributed by atoms with van der Waals surface area (Å²) in [6.45, 7) is 3.31. The van der Waals surface area contributed by atoms with Gasteiger partial charge in [-0.3, -0.25) is 9.59 Å². The second-order valence-corrected chi connectivity index (χ2v) is 4.75. The molecular weight excluding hydrogens is 277 g/mol. The lowest BCUT2D eigenvalue weighted by atomic mass is 10.1. The second kappa shape index (κ2) is 6.53. The zero-order valence-corrected chi connectivity index (χ0v) is 11.7. The number of hydrogen-bond donors (Lipinski definition) is 3. The van der Waals surface area contributed by atoms with E-state index in [4.69, 9.17) is 0 Å². The number of phenolic OH excluding ortho intramolecular Hbond substituents is 1. The van der Waals surface area contributed by atoms with E-state index in [0.29, 0.717) is 19.6 Å². The molecule has 2 rings (SSSR count). The molecule has 0 saturated carbocycles. The van der Waals surface area contributed by atoms with Crippen molar-refractivity contribution in [3.8, 4) is 5.75 Å². The highest BCUT2D eigenvalue weighted by Crippen LogP contribution is 2.23. The van der Waals surface area contributed by atoms with Gasteiger partial charge in [0.25, 0.3) is 5.91 Å². The maximum absolute atomic E-state index is 13.8. The van der Waals surface area contributed by atoms with Crippen molar-refractivity contribution in [3.63, 3.8) is 0 Å². The van der Waals surface area contributed by atoms with Gasteiger partial charge in [-0.1, -0.05) is 6.07 Å². The van der Waals surface area contributed by atoms with Crippen molar-refractivity contribution in [1.82, 2.24) is 15.5 Å². The van der Waals surface area contributed by atoms with E-state index >= 15 is 0 Å². The first-order valence-electron chi connectivity index (χ1n) is 6.83. The lowest BCUT2D eigenvalue weighted by Gasteiger charge is -2.35. The molecule has 1 aromatic carbocycles. The Morgan fingerprint density at radius 2 is 2.29 bits per heavy atom. The molecular formula is C14H18FN3O3. The minimum Gasteiger partial charge on any atom is -0.507 e. The first-order valence-corrected chi connectivity index (χ1v) is 6.83. The molecule has 0 bridgehead atoms. The Bertz CT molecular complexity index is 530. The van der Waals surface area contributed by atoms with E-state index in [1.165, 1.54) is 17.0 Å². The summed E-state index contributed by atoms with van der Waals surface area (Å²) in [6.07, 6.45) is 0. The molecule has 1 aliphatic rings. The number of nitrogens with one attached hydrogen (secondary N) is 2. The van der Waals surface area contributed by atoms with Crippen LogP contribution in [0, 0.1) is 5.82 Å². The molecule has 1 atom stereocenters. The Morgan fingerprint density at radius 1 is 1.52 bits per heavy atom. The summed E-state index contributed by atoms with van der Waals surface area (Å²) in [6, 6.07) is 2.96. The Hall–Kier alpha value is -2.15. The van der Waals surface area contributed by atoms with Gasteiger partial charge < -0.3 is 20.6 Å². The minimum absolute atomic E-state index is 0.272. The first-order chi connectivity index (χ1) is 10.1. The molecule has 0 spiro atoms. The van der Waals surface area contributed by atoms with E-state index in [1.807, 2.05) is 0 Å². The smallest absolute Gasteiger partial charge is 0.261 e. The van der Waals surface area contributed by atoms with Gasteiger partial charge in [-0.2, -0.15) is 0 Å². The third kappa shape index (κ3) is 3.13. The maximum atomic E-state index is 13.8. The molecule has 114 valence electrons. The van der Waals surface area contributed by atoms with E-state index in [2.05, 4.69) is 10.6 Å². The lowest BCUT2D eigenvalue weighted by molar-refractivity contribution is -0.126. The minimum atomic E-state index is -0.798. The van der Waals surface area contributed by atoms with Gasteiger partial charge in [0.1, 0.15) is 23.2 Å². The largest absolute Gasteiger partial charge is 0.507 e. The summed E-state index contributed by atoms with van der Waals surface area (Å²) in [5.41, 5.74) is -0.395. The second-order valence-electron chi connectivity index (χ2n) is 4.75. The molecule has 21 heavy (non-hydrogen) atoms. The topological polar surface area (TPSA) is 81.7 Å². The number of nitrogens with zero attached hydrogens (tertiary/aromatic N) is 1. The number of piperazine rings is 1. The number of rotatable bonds is 3. The highest BCUT2D eigenvalue weighted by molar-refractivity contribution is 6.00. The van der Waals surface area contributed by atoms with E-state index in [0.717, 1.165) is 6.07 Å². The first kappa shape index (κ1) is 15.2. The van der Waals surface area contributed by atoms with Crippen molar-refractivity contribution in [3.05, 3.63) is 29.6 Å². The number of likely N-dealkylation sites (N-methyl/N-ethyl adjacent to an activating group) is 1. The van der Waals surface area contributed by atoms with Gasteiger partial charge in [-0.25, -0.2) is 4.39 Å². The molecule has 1 fully saturated rings. The quantitative estimate of drug-likeness (QED) is 0.738. The Morgan fingerprint density at radius 3 is 2.95 bits per heavy atom. The molecule has 6 nitrogen and oxygen atoms in total. The van der Waals surface area contributed by atoms with Gasteiger partial charge in [-0.05, 0) is 19.1 Å². The van der Waals surface area contributed by atoms with Crippen LogP contribution in [0.15, 0.2) is 18.2 Å². The number of halogens is 1. The van der Waals surface area contributed by atoms with Crippen LogP contribution in [0.1, 0.15) is 17.3 Å². The maximum Gasteiger partial charge on any atom is 0.261 e. The predicted molar refractivity (Wildman–Crippen MR) is 74.4 cm³/mol. The van der Waals surface area contributed by atoms with Crippen molar-refractivity contribution in [2.75, 3.05) is 26.2 Å². The molecule has 7 heteroatoms. The number of aromatic hydroxyl groups is 1. The van der Waals surface area contributed by atoms with E-state index in [9.17, 15) is 19.1 Å². The summed E-state index contributed by atoms with van der Waals surface area (Å²) in [5, 5.41) is 15.4. The van der Waals surface area contributed by atoms with Crippen LogP contribution in [0.2, 0.25) is 0 Å². The van der Waals surface area contributed by atoms with Crippen molar-refractivity contribution >= 4 is 11.8 Å². The Balaban J connectivity index is 2.29. The Labute approximate surface area is 121 Å². The number of carbonyl (C=O) groups excluding carboxylic acids is 2. The van der Waals surface area contributed by atoms with Crippen LogP contribution in [0.4, 0.5) is 4.39 Å². The van der Waals surface area contributed by atoms with Crippen LogP contribution in [-0.2, 0) is 4.79 Å². The average molecular weight is 295 g/mol. The molecule has 1 heterocycles. The molecule has 0 aliphatic carbocycles. The summed E-state index contributed by atoms with van der Waals surface area (Å²) >= 11 is 0. The third-order valence-corrected chi connectivity index (χ3v) is 3.36. The SMILES string of the molecule is CCNC(=O)C1CNCCN1C(=O)c1c(O)cccc1F. The lowest BCUT2D eigenvalue weighted by Crippen LogP contribution is -2.59. The number of phenols is 1. The van der Waals surface area contributed by atoms with E-state index in [-0.39, 0.29) is 12.5 Å². The van der Waals surface area contributed by atoms with Crippen LogP contribution >= 0.6 is 0 Å². The highest BCUT2D eigenvalue weighted by Gasteiger charge is 2.34. The molecule has 0 aromatic heterocycles. The summed E-state index contributed by atoms with van der Waals surface area (Å²) < 4.78 is 13.8. The Kier molecular flexibility index (Phi) is 4.74. The third-order valence-electron chi connectivity index (χ3n) is 3.36. The van der Waals surface area contributed by atoms with Crippen LogP contribution < -0.4 is 10.6 Å². The van der Waals surface area contributed by atoms with Gasteiger partial charge in [0.2, 0.25) is 5.91 Å². The van der Waals surface area contributed by atoms with E-state index in [1.54, 1.807) is 6.92 Å². The fourth-order valence-corrected chi connectivity index (χ4v) is 2.34. The van der Waals surface area contributed by atoms with Crippen molar-refractivity contribution < 1.29 is 19.1 Å². The van der Waals surface area contributed by atoms with Gasteiger partial charge in [-0.15, -0.1) is 0 Å². The summed E-state index contributed by atoms with van der Waals surface area (Å²) in [7, 11) is 0. The molecule has 1 aliphatic heterocycles. The number of hydrogen-bond acceptors (Lipinski definition) is 4. The molecule has 1 unspecified atom stereocenters. The number of benzene rings is 1. The van der Waals surface area contributed by atoms with Gasteiger partial charge in [0.15, 0.2) is 0 Å². The van der Waals surface area contributed by atoms with Gasteiger partial charge in [0.05, 0.1) is 0 Å². The fourth-order valence-electron chi connectivity index (χ4n) is 2.34. The van der Waals surface area contributed by atoms with Crippen LogP contribution in [0.25, 0.3) is 0 Å². The molecule has 1 saturated heterocycles. The average Bonchev–Trinajstić information content (AvgIpc) is 2.47. The van der Waals surface area contributed by atoms with Crippen LogP contribution in [0.5, 0.6) is 5.75 Å². The zero-order valence-electron chi connectivity index (χ0n) is 11.7. The van der Waals surface area contributed by atoms with Crippen molar-refractivity contribution in [1.29, 1.82) is 0 Å². The standard InChI is InChI=1S/C14H18FN3O3/c1-2-17-13(20)10-8-16-6-7-18(10)14(21)12-9(15)4-3-5-11(12)19/h3-5,10,16,19H,2,6-8H2,1H3,(H,17,20). The van der Waals surface area contributed by atoms with Crippen LogP contribution in [0.3, 0.4) is 0 Å². The van der Waals surface area contributed by atoms with Crippen molar-refractivity contribution in [2.24, 2.45) is 0 Å². The van der Waals surface area contributed by atoms with Crippen molar-refractivity contribution in [2.45, 2.75) is 13.0 Å². The normalized spacial score (nSPS) is 18.4. The molecule has 2 amide bonds. The summed E-state index contributed by atoms with van der Waals surface area (Å²) in [5.74, 6) is -2.20. The van der Waals surface area contributed by atoms with Gasteiger partial charge in [0, 0.05) is 26.2 Å². The fraction of sp³-hybridized carbons (Fsp3) is 0.429. The predicted octanol–water partition coefficient (Wildman–Crippen LogP) is 0.0814. The van der Waals surface area contributed by atoms with Crippen LogP contribution in [-0.4, -0.2) is 54.0 Å². The molecule has 3 N–H and O–H groups in total. The van der Waals surface area contributed by atoms with Gasteiger partial charge >= 0.3 is 0 Å². The summed E-state index contributed by atoms with van der Waals surface area (Å²) in [4.78, 5) is 25.8. The zero-order chi connectivity index (χ0) is 15.4. The monoisotopic (exact) mass is 295 g/mol. The molecule has 0 radical (unpaired) electrons. The number of amides is 2. The highest BCUT2D eigenvalue weighted by atomic mass is 19.1. The van der Waals surface area contributed by atoms with E-state index < -0.39 is 29.1 Å².